The molecule has 3 aromatic rings. The number of aliphatic hydroxyl groups excluding tert-OH is 1. The third-order valence-corrected chi connectivity index (χ3v) is 6.09. The van der Waals surface area contributed by atoms with E-state index in [1.54, 1.807) is 37.3 Å². The highest BCUT2D eigenvalue weighted by Gasteiger charge is 2.33. The van der Waals surface area contributed by atoms with E-state index in [-0.39, 0.29) is 17.9 Å². The first-order valence-electron chi connectivity index (χ1n) is 10.6. The fraction of sp³-hybridized carbons (Fsp3) is 0.111. The van der Waals surface area contributed by atoms with Crippen molar-refractivity contribution < 1.29 is 19.4 Å². The van der Waals surface area contributed by atoms with E-state index in [4.69, 9.17) is 21.1 Å². The number of carbonyl (C=O) groups is 1. The maximum atomic E-state index is 12.6. The van der Waals surface area contributed by atoms with Gasteiger partial charge in [0.1, 0.15) is 28.7 Å². The molecule has 0 aliphatic carbocycles. The molecule has 0 unspecified atom stereocenters. The minimum Gasteiger partial charge on any atom is -0.506 e. The third kappa shape index (κ3) is 5.90. The molecule has 0 bridgehead atoms. The van der Waals surface area contributed by atoms with Crippen LogP contribution < -0.4 is 4.74 Å². The molecule has 0 saturated carbocycles. The number of halogens is 1. The first-order valence-corrected chi connectivity index (χ1v) is 11.8. The summed E-state index contributed by atoms with van der Waals surface area (Å²) in [5, 5.41) is 11.7. The Labute approximate surface area is 207 Å². The molecule has 1 aliphatic heterocycles. The van der Waals surface area contributed by atoms with E-state index in [1.807, 2.05) is 54.6 Å². The summed E-state index contributed by atoms with van der Waals surface area (Å²) in [5.41, 5.74) is 2.55. The summed E-state index contributed by atoms with van der Waals surface area (Å²) >= 11 is 7.26. The van der Waals surface area contributed by atoms with Crippen LogP contribution >= 0.6 is 23.4 Å². The van der Waals surface area contributed by atoms with E-state index >= 15 is 0 Å². The topological polar surface area (TPSA) is 68.1 Å². The average molecular weight is 492 g/mol. The van der Waals surface area contributed by atoms with Crippen LogP contribution in [0.25, 0.3) is 6.08 Å². The minimum atomic E-state index is -0.624. The first kappa shape index (κ1) is 23.7. The molecule has 0 fully saturated rings. The van der Waals surface area contributed by atoms with E-state index in [0.717, 1.165) is 16.9 Å². The Balaban J connectivity index is 1.56. The maximum absolute atomic E-state index is 12.6. The molecule has 34 heavy (non-hydrogen) atoms. The van der Waals surface area contributed by atoms with Gasteiger partial charge in [0.05, 0.1) is 17.2 Å². The Hall–Kier alpha value is -3.48. The molecule has 0 atom stereocenters. The van der Waals surface area contributed by atoms with E-state index in [9.17, 15) is 9.90 Å². The Morgan fingerprint density at radius 1 is 1.06 bits per heavy atom. The number of hydrogen-bond donors (Lipinski definition) is 1. The van der Waals surface area contributed by atoms with Gasteiger partial charge in [0.15, 0.2) is 0 Å². The maximum Gasteiger partial charge on any atom is 0.344 e. The van der Waals surface area contributed by atoms with Gasteiger partial charge in [-0.15, -0.1) is 0 Å². The van der Waals surface area contributed by atoms with Gasteiger partial charge in [0.25, 0.3) is 0 Å². The van der Waals surface area contributed by atoms with Crippen LogP contribution in [-0.2, 0) is 16.1 Å². The van der Waals surface area contributed by atoms with Crippen LogP contribution in [0.1, 0.15) is 18.1 Å². The Morgan fingerprint density at radius 3 is 2.53 bits per heavy atom. The van der Waals surface area contributed by atoms with Crippen molar-refractivity contribution in [3.05, 3.63) is 111 Å². The van der Waals surface area contributed by atoms with Gasteiger partial charge >= 0.3 is 5.97 Å². The lowest BCUT2D eigenvalue weighted by Crippen LogP contribution is -2.12. The van der Waals surface area contributed by atoms with Gasteiger partial charge in [-0.2, -0.15) is 0 Å². The van der Waals surface area contributed by atoms with Gasteiger partial charge in [-0.1, -0.05) is 71.9 Å². The number of carbonyl (C=O) groups excluding carboxylic acids is 1. The zero-order chi connectivity index (χ0) is 23.9. The van der Waals surface area contributed by atoms with Gasteiger partial charge in [0, 0.05) is 5.02 Å². The normalized spacial score (nSPS) is 15.7. The van der Waals surface area contributed by atoms with Crippen LogP contribution in [0.5, 0.6) is 5.75 Å². The number of benzene rings is 3. The Bertz CT molecular complexity index is 1270. The molecule has 3 aromatic carbocycles. The molecular weight excluding hydrogens is 470 g/mol. The van der Waals surface area contributed by atoms with Crippen LogP contribution in [0.2, 0.25) is 5.02 Å². The molecule has 0 aromatic heterocycles. The predicted octanol–water partition coefficient (Wildman–Crippen LogP) is 7.11. The molecule has 5 nitrogen and oxygen atoms in total. The van der Waals surface area contributed by atoms with Crippen molar-refractivity contribution in [3.8, 4) is 5.75 Å². The number of aliphatic imine (C=N–C) groups is 1. The number of thioether (sulfide) groups is 1. The molecule has 7 heteroatoms. The Kier molecular flexibility index (Phi) is 7.72. The molecule has 0 radical (unpaired) electrons. The van der Waals surface area contributed by atoms with Crippen molar-refractivity contribution in [2.45, 2.75) is 13.5 Å². The number of rotatable bonds is 7. The fourth-order valence-electron chi connectivity index (χ4n) is 3.21. The lowest BCUT2D eigenvalue weighted by Gasteiger charge is -2.06. The van der Waals surface area contributed by atoms with Crippen molar-refractivity contribution in [2.75, 3.05) is 6.61 Å². The van der Waals surface area contributed by atoms with Gasteiger partial charge in [0.2, 0.25) is 0 Å². The highest BCUT2D eigenvalue weighted by molar-refractivity contribution is 8.18. The van der Waals surface area contributed by atoms with Crippen LogP contribution in [0, 0.1) is 0 Å². The van der Waals surface area contributed by atoms with E-state index < -0.39 is 5.97 Å². The molecular formula is C27H22ClNO4S. The van der Waals surface area contributed by atoms with Crippen LogP contribution in [0.15, 0.2) is 100 Å². The lowest BCUT2D eigenvalue weighted by atomic mass is 10.1. The minimum absolute atomic E-state index is 0.0425. The molecule has 1 N–H and O–H groups in total. The van der Waals surface area contributed by atoms with Gasteiger partial charge in [-0.25, -0.2) is 9.79 Å². The van der Waals surface area contributed by atoms with Gasteiger partial charge < -0.3 is 14.6 Å². The second kappa shape index (κ2) is 11.1. The summed E-state index contributed by atoms with van der Waals surface area (Å²) in [4.78, 5) is 17.6. The van der Waals surface area contributed by atoms with Crippen LogP contribution in [-0.4, -0.2) is 22.7 Å². The number of hydrogen-bond acceptors (Lipinski definition) is 6. The van der Waals surface area contributed by atoms with E-state index in [0.29, 0.717) is 27.3 Å². The zero-order valence-electron chi connectivity index (χ0n) is 18.4. The number of esters is 1. The standard InChI is InChI=1S/C27H22ClNO4S/c1-2-32-27(31)24-25(30)23(34-26(24)29-21-10-6-9-20(28)16-21)15-18-11-13-22(14-12-18)33-17-19-7-4-3-5-8-19/h3-16,30H,2,17H2,1H3. The van der Waals surface area contributed by atoms with E-state index in [2.05, 4.69) is 4.99 Å². The number of ether oxygens (including phenoxy) is 2. The molecule has 0 saturated heterocycles. The molecule has 0 spiro atoms. The third-order valence-electron chi connectivity index (χ3n) is 4.84. The SMILES string of the molecule is CCOC(=O)C1=C(O)C(=Cc2ccc(OCc3ccccc3)cc2)SC1=Nc1cccc(Cl)c1. The summed E-state index contributed by atoms with van der Waals surface area (Å²) in [5.74, 6) is -0.0461. The fourth-order valence-corrected chi connectivity index (χ4v) is 4.43. The van der Waals surface area contributed by atoms with Crippen LogP contribution in [0.3, 0.4) is 0 Å². The van der Waals surface area contributed by atoms with Crippen molar-refractivity contribution >= 4 is 46.1 Å². The quantitative estimate of drug-likeness (QED) is 0.356. The van der Waals surface area contributed by atoms with Crippen LogP contribution in [0.4, 0.5) is 5.69 Å². The van der Waals surface area contributed by atoms with Crippen molar-refractivity contribution in [2.24, 2.45) is 4.99 Å². The summed E-state index contributed by atoms with van der Waals surface area (Å²) < 4.78 is 11.0. The predicted molar refractivity (Wildman–Crippen MR) is 138 cm³/mol. The molecule has 172 valence electrons. The van der Waals surface area contributed by atoms with Crippen molar-refractivity contribution in [1.29, 1.82) is 0 Å². The zero-order valence-corrected chi connectivity index (χ0v) is 20.0. The highest BCUT2D eigenvalue weighted by Crippen LogP contribution is 2.40. The smallest absolute Gasteiger partial charge is 0.344 e. The summed E-state index contributed by atoms with van der Waals surface area (Å²) in [6.45, 7) is 2.38. The number of nitrogens with zero attached hydrogens (tertiary/aromatic N) is 1. The highest BCUT2D eigenvalue weighted by atomic mass is 35.5. The average Bonchev–Trinajstić information content (AvgIpc) is 3.14. The molecule has 4 rings (SSSR count). The molecule has 0 amide bonds. The van der Waals surface area contributed by atoms with Gasteiger partial charge in [-0.05, 0) is 54.5 Å². The van der Waals surface area contributed by atoms with E-state index in [1.165, 1.54) is 11.8 Å². The number of aliphatic hydroxyl groups is 1. The first-order chi connectivity index (χ1) is 16.5. The monoisotopic (exact) mass is 491 g/mol. The summed E-state index contributed by atoms with van der Waals surface area (Å²) in [7, 11) is 0. The second-order valence-corrected chi connectivity index (χ2v) is 8.76. The summed E-state index contributed by atoms with van der Waals surface area (Å²) in [6.07, 6.45) is 1.79. The molecule has 1 aliphatic rings. The lowest BCUT2D eigenvalue weighted by molar-refractivity contribution is -0.138. The van der Waals surface area contributed by atoms with Gasteiger partial charge in [-0.3, -0.25) is 0 Å². The van der Waals surface area contributed by atoms with Crippen molar-refractivity contribution in [1.82, 2.24) is 0 Å². The second-order valence-electron chi connectivity index (χ2n) is 7.29. The van der Waals surface area contributed by atoms with Crippen molar-refractivity contribution in [3.63, 3.8) is 0 Å². The largest absolute Gasteiger partial charge is 0.506 e. The summed E-state index contributed by atoms with van der Waals surface area (Å²) in [6, 6.07) is 24.4. The Morgan fingerprint density at radius 2 is 1.82 bits per heavy atom. The molecule has 1 heterocycles.